The minimum absolute atomic E-state index is 0.701. The summed E-state index contributed by atoms with van der Waals surface area (Å²) in [7, 11) is 0. The molecule has 1 aromatic heterocycles. The molecule has 0 aliphatic rings. The maximum atomic E-state index is 5.90. The zero-order valence-electron chi connectivity index (χ0n) is 11.2. The highest BCUT2D eigenvalue weighted by Crippen LogP contribution is 2.31. The Bertz CT molecular complexity index is 775. The van der Waals surface area contributed by atoms with Crippen LogP contribution in [0.5, 0.6) is 0 Å². The molecule has 0 aliphatic heterocycles. The smallest absolute Gasteiger partial charge is 0.199 e. The number of fused-ring (bicyclic) bond motifs is 1. The average Bonchev–Trinajstić information content (AvgIpc) is 2.81. The maximum Gasteiger partial charge on any atom is 0.199 e. The van der Waals surface area contributed by atoms with Crippen LogP contribution < -0.4 is 0 Å². The van der Waals surface area contributed by atoms with Crippen LogP contribution in [0.25, 0.3) is 11.1 Å². The Kier molecular flexibility index (Phi) is 3.69. The molecule has 0 N–H and O–H groups in total. The van der Waals surface area contributed by atoms with E-state index in [-0.39, 0.29) is 0 Å². The van der Waals surface area contributed by atoms with Gasteiger partial charge in [-0.2, -0.15) is 0 Å². The van der Waals surface area contributed by atoms with Gasteiger partial charge in [0.25, 0.3) is 0 Å². The molecular weight excluding hydrogens is 382 g/mol. The van der Waals surface area contributed by atoms with Crippen LogP contribution in [0.1, 0.15) is 22.6 Å². The minimum atomic E-state index is 0.701. The van der Waals surface area contributed by atoms with Crippen molar-refractivity contribution in [3.05, 3.63) is 61.9 Å². The summed E-state index contributed by atoms with van der Waals surface area (Å²) in [5.41, 5.74) is 5.34. The van der Waals surface area contributed by atoms with Gasteiger partial charge in [0, 0.05) is 10.9 Å². The molecule has 0 saturated carbocycles. The number of halogens is 2. The molecule has 0 spiro atoms. The van der Waals surface area contributed by atoms with Gasteiger partial charge >= 0.3 is 0 Å². The van der Waals surface area contributed by atoms with Crippen LogP contribution >= 0.6 is 31.9 Å². The van der Waals surface area contributed by atoms with E-state index in [1.807, 2.05) is 12.1 Å². The second kappa shape index (κ2) is 5.34. The molecule has 20 heavy (non-hydrogen) atoms. The molecule has 0 bridgehead atoms. The van der Waals surface area contributed by atoms with Crippen LogP contribution in [0.2, 0.25) is 0 Å². The van der Waals surface area contributed by atoms with Crippen molar-refractivity contribution in [3.8, 4) is 0 Å². The van der Waals surface area contributed by atoms with Crippen molar-refractivity contribution in [3.63, 3.8) is 0 Å². The van der Waals surface area contributed by atoms with E-state index in [4.69, 9.17) is 4.42 Å². The molecule has 3 aromatic rings. The molecule has 0 aliphatic carbocycles. The Morgan fingerprint density at radius 1 is 1.10 bits per heavy atom. The number of aryl methyl sites for hydroxylation is 1. The molecule has 0 amide bonds. The molecule has 1 heterocycles. The standard InChI is InChI=1S/C16H13Br2NO/c1-9-7-13-16(15(18)10(9)2)20-14(19-13)8-11-3-5-12(17)6-4-11/h3-7H,8H2,1-2H3. The van der Waals surface area contributed by atoms with E-state index in [2.05, 4.69) is 68.9 Å². The van der Waals surface area contributed by atoms with Gasteiger partial charge in [-0.1, -0.05) is 28.1 Å². The predicted octanol–water partition coefficient (Wildman–Crippen LogP) is 5.56. The van der Waals surface area contributed by atoms with Gasteiger partial charge in [-0.05, 0) is 64.7 Å². The zero-order chi connectivity index (χ0) is 14.3. The minimum Gasteiger partial charge on any atom is -0.439 e. The second-order valence-corrected chi connectivity index (χ2v) is 6.60. The Balaban J connectivity index is 2.01. The quantitative estimate of drug-likeness (QED) is 0.568. The van der Waals surface area contributed by atoms with Gasteiger partial charge in [0.05, 0.1) is 4.47 Å². The van der Waals surface area contributed by atoms with Crippen molar-refractivity contribution in [1.82, 2.24) is 4.98 Å². The van der Waals surface area contributed by atoms with E-state index >= 15 is 0 Å². The molecule has 2 nitrogen and oxygen atoms in total. The Morgan fingerprint density at radius 2 is 1.80 bits per heavy atom. The second-order valence-electron chi connectivity index (χ2n) is 4.89. The lowest BCUT2D eigenvalue weighted by Gasteiger charge is -2.01. The number of hydrogen-bond acceptors (Lipinski definition) is 2. The van der Waals surface area contributed by atoms with E-state index in [1.165, 1.54) is 16.7 Å². The summed E-state index contributed by atoms with van der Waals surface area (Å²) in [6.45, 7) is 4.17. The van der Waals surface area contributed by atoms with Crippen molar-refractivity contribution < 1.29 is 4.42 Å². The third-order valence-electron chi connectivity index (χ3n) is 3.44. The van der Waals surface area contributed by atoms with E-state index in [1.54, 1.807) is 0 Å². The highest BCUT2D eigenvalue weighted by atomic mass is 79.9. The summed E-state index contributed by atoms with van der Waals surface area (Å²) in [5, 5.41) is 0. The number of benzene rings is 2. The van der Waals surface area contributed by atoms with Crippen molar-refractivity contribution >= 4 is 43.0 Å². The summed E-state index contributed by atoms with van der Waals surface area (Å²) in [4.78, 5) is 4.58. The molecule has 2 aromatic carbocycles. The average molecular weight is 395 g/mol. The predicted molar refractivity (Wildman–Crippen MR) is 88.1 cm³/mol. The van der Waals surface area contributed by atoms with Gasteiger partial charge in [-0.15, -0.1) is 0 Å². The lowest BCUT2D eigenvalue weighted by atomic mass is 10.1. The Labute approximate surface area is 134 Å². The Morgan fingerprint density at radius 3 is 2.50 bits per heavy atom. The normalized spacial score (nSPS) is 11.2. The van der Waals surface area contributed by atoms with E-state index < -0.39 is 0 Å². The van der Waals surface area contributed by atoms with Gasteiger partial charge in [-0.25, -0.2) is 4.98 Å². The number of oxazole rings is 1. The zero-order valence-corrected chi connectivity index (χ0v) is 14.4. The van der Waals surface area contributed by atoms with Gasteiger partial charge < -0.3 is 4.42 Å². The third kappa shape index (κ3) is 2.54. The van der Waals surface area contributed by atoms with Crippen LogP contribution in [0.15, 0.2) is 43.7 Å². The van der Waals surface area contributed by atoms with E-state index in [9.17, 15) is 0 Å². The number of aromatic nitrogens is 1. The molecular formula is C16H13Br2NO. The Hall–Kier alpha value is -1.13. The van der Waals surface area contributed by atoms with Crippen LogP contribution in [0.3, 0.4) is 0 Å². The number of hydrogen-bond donors (Lipinski definition) is 0. The highest BCUT2D eigenvalue weighted by molar-refractivity contribution is 9.11. The first-order valence-corrected chi connectivity index (χ1v) is 7.93. The van der Waals surface area contributed by atoms with Crippen LogP contribution in [-0.2, 0) is 6.42 Å². The molecule has 0 atom stereocenters. The molecule has 0 unspecified atom stereocenters. The summed E-state index contributed by atoms with van der Waals surface area (Å²) < 4.78 is 7.98. The number of rotatable bonds is 2. The summed E-state index contributed by atoms with van der Waals surface area (Å²) in [6, 6.07) is 10.3. The molecule has 0 fully saturated rings. The maximum absolute atomic E-state index is 5.90. The summed E-state index contributed by atoms with van der Waals surface area (Å²) >= 11 is 7.04. The van der Waals surface area contributed by atoms with Crippen LogP contribution in [-0.4, -0.2) is 4.98 Å². The first-order valence-electron chi connectivity index (χ1n) is 6.34. The molecule has 102 valence electrons. The molecule has 3 rings (SSSR count). The van der Waals surface area contributed by atoms with Gasteiger partial charge in [0.2, 0.25) is 0 Å². The number of nitrogens with zero attached hydrogens (tertiary/aromatic N) is 1. The van der Waals surface area contributed by atoms with E-state index in [0.717, 1.165) is 25.9 Å². The topological polar surface area (TPSA) is 26.0 Å². The third-order valence-corrected chi connectivity index (χ3v) is 4.92. The largest absolute Gasteiger partial charge is 0.439 e. The van der Waals surface area contributed by atoms with Crippen molar-refractivity contribution in [2.24, 2.45) is 0 Å². The van der Waals surface area contributed by atoms with Gasteiger partial charge in [-0.3, -0.25) is 0 Å². The molecule has 0 radical (unpaired) electrons. The summed E-state index contributed by atoms with van der Waals surface area (Å²) in [5.74, 6) is 0.744. The fourth-order valence-electron chi connectivity index (χ4n) is 2.14. The van der Waals surface area contributed by atoms with Crippen molar-refractivity contribution in [2.75, 3.05) is 0 Å². The van der Waals surface area contributed by atoms with E-state index in [0.29, 0.717) is 6.42 Å². The van der Waals surface area contributed by atoms with Crippen molar-refractivity contribution in [1.29, 1.82) is 0 Å². The molecule has 0 saturated heterocycles. The highest BCUT2D eigenvalue weighted by Gasteiger charge is 2.13. The monoisotopic (exact) mass is 393 g/mol. The van der Waals surface area contributed by atoms with Gasteiger partial charge in [0.1, 0.15) is 5.52 Å². The lowest BCUT2D eigenvalue weighted by Crippen LogP contribution is -1.87. The van der Waals surface area contributed by atoms with Crippen molar-refractivity contribution in [2.45, 2.75) is 20.3 Å². The molecule has 4 heteroatoms. The fraction of sp³-hybridized carbons (Fsp3) is 0.188. The first kappa shape index (κ1) is 13.8. The SMILES string of the molecule is Cc1cc2nc(Cc3ccc(Br)cc3)oc2c(Br)c1C. The lowest BCUT2D eigenvalue weighted by molar-refractivity contribution is 0.542. The van der Waals surface area contributed by atoms with Crippen LogP contribution in [0.4, 0.5) is 0 Å². The first-order chi connectivity index (χ1) is 9.54. The van der Waals surface area contributed by atoms with Crippen LogP contribution in [0, 0.1) is 13.8 Å². The fourth-order valence-corrected chi connectivity index (χ4v) is 3.00. The van der Waals surface area contributed by atoms with Gasteiger partial charge in [0.15, 0.2) is 11.5 Å². The summed E-state index contributed by atoms with van der Waals surface area (Å²) in [6.07, 6.45) is 0.701.